The molecule has 0 saturated heterocycles. The molecule has 0 saturated carbocycles. The van der Waals surface area contributed by atoms with Gasteiger partial charge >= 0.3 is 0 Å². The lowest BCUT2D eigenvalue weighted by atomic mass is 10.1. The summed E-state index contributed by atoms with van der Waals surface area (Å²) in [4.78, 5) is 23.7. The van der Waals surface area contributed by atoms with Crippen molar-refractivity contribution in [3.63, 3.8) is 0 Å². The Morgan fingerprint density at radius 2 is 1.92 bits per heavy atom. The predicted molar refractivity (Wildman–Crippen MR) is 107 cm³/mol. The number of aryl methyl sites for hydroxylation is 2. The number of thioether (sulfide) groups is 1. The topological polar surface area (TPSA) is 84.2 Å². The molecule has 0 aliphatic heterocycles. The van der Waals surface area contributed by atoms with Gasteiger partial charge in [-0.2, -0.15) is 11.8 Å². The first-order chi connectivity index (χ1) is 12.5. The van der Waals surface area contributed by atoms with Gasteiger partial charge in [-0.05, 0) is 44.5 Å². The van der Waals surface area contributed by atoms with Gasteiger partial charge in [0.2, 0.25) is 11.8 Å². The van der Waals surface area contributed by atoms with Crippen molar-refractivity contribution >= 4 is 45.2 Å². The summed E-state index contributed by atoms with van der Waals surface area (Å²) in [5.74, 6) is 1.63. The number of aromatic nitrogens is 1. The molecule has 0 atom stereocenters. The number of nitrogens with one attached hydrogen (secondary N) is 2. The zero-order valence-electron chi connectivity index (χ0n) is 14.8. The SMILES string of the molecule is Cc1noc(C)c1CCNC(=O)CCSCC(=O)Nc1ccc(Br)cc1. The predicted octanol–water partition coefficient (Wildman–Crippen LogP) is 3.47. The van der Waals surface area contributed by atoms with Crippen LogP contribution in [0.5, 0.6) is 0 Å². The molecule has 2 amide bonds. The summed E-state index contributed by atoms with van der Waals surface area (Å²) >= 11 is 4.79. The van der Waals surface area contributed by atoms with Gasteiger partial charge < -0.3 is 15.2 Å². The van der Waals surface area contributed by atoms with Gasteiger partial charge in [-0.15, -0.1) is 0 Å². The highest BCUT2D eigenvalue weighted by molar-refractivity contribution is 9.10. The summed E-state index contributed by atoms with van der Waals surface area (Å²) in [6.45, 7) is 4.31. The molecule has 26 heavy (non-hydrogen) atoms. The van der Waals surface area contributed by atoms with E-state index in [9.17, 15) is 9.59 Å². The lowest BCUT2D eigenvalue weighted by molar-refractivity contribution is -0.120. The molecule has 0 fully saturated rings. The number of hydrogen-bond donors (Lipinski definition) is 2. The van der Waals surface area contributed by atoms with Gasteiger partial charge in [0.05, 0.1) is 11.4 Å². The first kappa shape index (κ1) is 20.5. The molecule has 0 aliphatic rings. The minimum atomic E-state index is -0.0730. The Balaban J connectivity index is 1.56. The molecule has 2 rings (SSSR count). The van der Waals surface area contributed by atoms with Crippen molar-refractivity contribution in [2.75, 3.05) is 23.4 Å². The fraction of sp³-hybridized carbons (Fsp3) is 0.389. The highest BCUT2D eigenvalue weighted by Gasteiger charge is 2.09. The normalized spacial score (nSPS) is 10.6. The third-order valence-corrected chi connectivity index (χ3v) is 5.20. The minimum Gasteiger partial charge on any atom is -0.361 e. The number of carbonyl (C=O) groups is 2. The first-order valence-corrected chi connectivity index (χ1v) is 10.2. The highest BCUT2D eigenvalue weighted by Crippen LogP contribution is 2.15. The fourth-order valence-corrected chi connectivity index (χ4v) is 3.33. The molecule has 1 aromatic heterocycles. The van der Waals surface area contributed by atoms with Crippen molar-refractivity contribution in [1.29, 1.82) is 0 Å². The Morgan fingerprint density at radius 1 is 1.19 bits per heavy atom. The average Bonchev–Trinajstić information content (AvgIpc) is 2.93. The second-order valence-corrected chi connectivity index (χ2v) is 7.78. The second-order valence-electron chi connectivity index (χ2n) is 5.76. The third-order valence-electron chi connectivity index (χ3n) is 3.71. The zero-order chi connectivity index (χ0) is 18.9. The van der Waals surface area contributed by atoms with E-state index in [4.69, 9.17) is 4.52 Å². The van der Waals surface area contributed by atoms with Crippen LogP contribution in [0.4, 0.5) is 5.69 Å². The van der Waals surface area contributed by atoms with E-state index in [1.807, 2.05) is 38.1 Å². The number of rotatable bonds is 9. The van der Waals surface area contributed by atoms with E-state index in [1.165, 1.54) is 11.8 Å². The fourth-order valence-electron chi connectivity index (χ4n) is 2.33. The maximum Gasteiger partial charge on any atom is 0.234 e. The lowest BCUT2D eigenvalue weighted by Gasteiger charge is -2.06. The molecule has 2 N–H and O–H groups in total. The molecule has 1 aromatic carbocycles. The molecular formula is C18H22BrN3O3S. The zero-order valence-corrected chi connectivity index (χ0v) is 17.2. The Morgan fingerprint density at radius 3 is 2.58 bits per heavy atom. The van der Waals surface area contributed by atoms with E-state index in [2.05, 4.69) is 31.7 Å². The van der Waals surface area contributed by atoms with E-state index in [0.29, 0.717) is 30.9 Å². The molecule has 8 heteroatoms. The van der Waals surface area contributed by atoms with Crippen molar-refractivity contribution in [3.05, 3.63) is 45.8 Å². The van der Waals surface area contributed by atoms with Gasteiger partial charge in [-0.3, -0.25) is 9.59 Å². The van der Waals surface area contributed by atoms with Crippen LogP contribution in [-0.2, 0) is 16.0 Å². The summed E-state index contributed by atoms with van der Waals surface area (Å²) in [6.07, 6.45) is 1.09. The van der Waals surface area contributed by atoms with E-state index in [-0.39, 0.29) is 11.8 Å². The standard InChI is InChI=1S/C18H22BrN3O3S/c1-12-16(13(2)25-22-12)7-9-20-17(23)8-10-26-11-18(24)21-15-5-3-14(19)4-6-15/h3-6H,7-11H2,1-2H3,(H,20,23)(H,21,24). The van der Waals surface area contributed by atoms with Crippen molar-refractivity contribution in [1.82, 2.24) is 10.5 Å². The van der Waals surface area contributed by atoms with Crippen molar-refractivity contribution in [3.8, 4) is 0 Å². The largest absolute Gasteiger partial charge is 0.361 e. The Bertz CT molecular complexity index is 727. The molecule has 0 aliphatic carbocycles. The van der Waals surface area contributed by atoms with Crippen LogP contribution in [0.1, 0.15) is 23.4 Å². The van der Waals surface area contributed by atoms with Crippen LogP contribution in [0, 0.1) is 13.8 Å². The summed E-state index contributed by atoms with van der Waals surface area (Å²) in [5.41, 5.74) is 2.67. The van der Waals surface area contributed by atoms with Gasteiger partial charge in [0.15, 0.2) is 0 Å². The molecular weight excluding hydrogens is 418 g/mol. The van der Waals surface area contributed by atoms with E-state index in [1.54, 1.807) is 0 Å². The third kappa shape index (κ3) is 6.84. The Labute approximate surface area is 165 Å². The van der Waals surface area contributed by atoms with Crippen LogP contribution < -0.4 is 10.6 Å². The number of amides is 2. The minimum absolute atomic E-state index is 0.0161. The molecule has 0 unspecified atom stereocenters. The molecule has 6 nitrogen and oxygen atoms in total. The van der Waals surface area contributed by atoms with Crippen molar-refractivity contribution < 1.29 is 14.1 Å². The molecule has 0 radical (unpaired) electrons. The number of nitrogens with zero attached hydrogens (tertiary/aromatic N) is 1. The lowest BCUT2D eigenvalue weighted by Crippen LogP contribution is -2.26. The molecule has 1 heterocycles. The summed E-state index contributed by atoms with van der Waals surface area (Å²) < 4.78 is 6.06. The number of hydrogen-bond acceptors (Lipinski definition) is 5. The quantitative estimate of drug-likeness (QED) is 0.584. The monoisotopic (exact) mass is 439 g/mol. The van der Waals surface area contributed by atoms with E-state index >= 15 is 0 Å². The summed E-state index contributed by atoms with van der Waals surface area (Å²) in [6, 6.07) is 7.41. The molecule has 2 aromatic rings. The van der Waals surface area contributed by atoms with Gasteiger partial charge in [-0.1, -0.05) is 21.1 Å². The Kier molecular flexibility index (Phi) is 8.18. The molecule has 0 bridgehead atoms. The average molecular weight is 440 g/mol. The van der Waals surface area contributed by atoms with Crippen LogP contribution in [0.15, 0.2) is 33.3 Å². The second kappa shape index (κ2) is 10.4. The van der Waals surface area contributed by atoms with Crippen LogP contribution in [0.3, 0.4) is 0 Å². The maximum absolute atomic E-state index is 11.9. The van der Waals surface area contributed by atoms with Crippen molar-refractivity contribution in [2.24, 2.45) is 0 Å². The van der Waals surface area contributed by atoms with Crippen LogP contribution in [-0.4, -0.2) is 35.0 Å². The van der Waals surface area contributed by atoms with Crippen LogP contribution in [0.25, 0.3) is 0 Å². The summed E-state index contributed by atoms with van der Waals surface area (Å²) in [5, 5.41) is 9.60. The van der Waals surface area contributed by atoms with Gasteiger partial charge in [0, 0.05) is 34.4 Å². The smallest absolute Gasteiger partial charge is 0.234 e. The van der Waals surface area contributed by atoms with Gasteiger partial charge in [0.25, 0.3) is 0 Å². The first-order valence-electron chi connectivity index (χ1n) is 8.27. The molecule has 140 valence electrons. The highest BCUT2D eigenvalue weighted by atomic mass is 79.9. The number of carbonyl (C=O) groups excluding carboxylic acids is 2. The van der Waals surface area contributed by atoms with Gasteiger partial charge in [-0.25, -0.2) is 0 Å². The van der Waals surface area contributed by atoms with Crippen LogP contribution in [0.2, 0.25) is 0 Å². The van der Waals surface area contributed by atoms with E-state index < -0.39 is 0 Å². The maximum atomic E-state index is 11.9. The van der Waals surface area contributed by atoms with Crippen LogP contribution >= 0.6 is 27.7 Å². The number of anilines is 1. The van der Waals surface area contributed by atoms with Gasteiger partial charge in [0.1, 0.15) is 5.76 Å². The Hall–Kier alpha value is -1.80. The number of halogens is 1. The molecule has 0 spiro atoms. The number of benzene rings is 1. The van der Waals surface area contributed by atoms with E-state index in [0.717, 1.165) is 27.2 Å². The summed E-state index contributed by atoms with van der Waals surface area (Å²) in [7, 11) is 0. The van der Waals surface area contributed by atoms with Crippen molar-refractivity contribution in [2.45, 2.75) is 26.7 Å².